The lowest BCUT2D eigenvalue weighted by atomic mass is 10.1. The molecule has 1 aliphatic rings. The number of hydrogen-bond donors (Lipinski definition) is 0. The summed E-state index contributed by atoms with van der Waals surface area (Å²) in [7, 11) is -3.45. The Hall–Kier alpha value is -1.43. The van der Waals surface area contributed by atoms with Gasteiger partial charge in [-0.15, -0.1) is 0 Å². The molecule has 106 valence electrons. The van der Waals surface area contributed by atoms with Crippen molar-refractivity contribution in [1.82, 2.24) is 4.31 Å². The second kappa shape index (κ2) is 5.16. The standard InChI is InChI=1S/C15H17NO3S/c1-12-4-2-6-14-13(12)5-3-7-15(14)20(17,18)16-8-10-19-11-9-16/h2-7H,8-11H2,1H3. The molecule has 2 aromatic rings. The third-order valence-electron chi connectivity index (χ3n) is 3.69. The first kappa shape index (κ1) is 13.5. The minimum absolute atomic E-state index is 0.389. The molecule has 1 saturated heterocycles. The van der Waals surface area contributed by atoms with E-state index in [1.165, 1.54) is 4.31 Å². The number of sulfonamides is 1. The molecule has 4 nitrogen and oxygen atoms in total. The molecule has 0 atom stereocenters. The zero-order chi connectivity index (χ0) is 14.2. The summed E-state index contributed by atoms with van der Waals surface area (Å²) in [6.45, 7) is 3.76. The highest BCUT2D eigenvalue weighted by Crippen LogP contribution is 2.27. The number of benzene rings is 2. The molecule has 0 bridgehead atoms. The van der Waals surface area contributed by atoms with E-state index in [4.69, 9.17) is 4.74 Å². The smallest absolute Gasteiger partial charge is 0.243 e. The van der Waals surface area contributed by atoms with Gasteiger partial charge in [-0.05, 0) is 23.9 Å². The lowest BCUT2D eigenvalue weighted by Gasteiger charge is -2.26. The fourth-order valence-electron chi connectivity index (χ4n) is 2.59. The second-order valence-corrected chi connectivity index (χ2v) is 6.85. The third-order valence-corrected chi connectivity index (χ3v) is 5.64. The van der Waals surface area contributed by atoms with Gasteiger partial charge in [0, 0.05) is 18.5 Å². The molecule has 2 aromatic carbocycles. The monoisotopic (exact) mass is 291 g/mol. The van der Waals surface area contributed by atoms with E-state index < -0.39 is 10.0 Å². The maximum Gasteiger partial charge on any atom is 0.243 e. The average molecular weight is 291 g/mol. The van der Waals surface area contributed by atoms with Crippen LogP contribution in [0.5, 0.6) is 0 Å². The fourth-order valence-corrected chi connectivity index (χ4v) is 4.20. The largest absolute Gasteiger partial charge is 0.379 e. The number of aryl methyl sites for hydroxylation is 1. The van der Waals surface area contributed by atoms with Crippen molar-refractivity contribution in [1.29, 1.82) is 0 Å². The number of morpholine rings is 1. The summed E-state index contributed by atoms with van der Waals surface area (Å²) >= 11 is 0. The molecule has 0 amide bonds. The quantitative estimate of drug-likeness (QED) is 0.852. The minimum atomic E-state index is -3.45. The summed E-state index contributed by atoms with van der Waals surface area (Å²) in [5.41, 5.74) is 1.08. The highest BCUT2D eigenvalue weighted by Gasteiger charge is 2.27. The predicted octanol–water partition coefficient (Wildman–Crippen LogP) is 2.17. The lowest BCUT2D eigenvalue weighted by Crippen LogP contribution is -2.40. The van der Waals surface area contributed by atoms with Crippen LogP contribution >= 0.6 is 0 Å². The van der Waals surface area contributed by atoms with Crippen LogP contribution in [0.3, 0.4) is 0 Å². The average Bonchev–Trinajstić information content (AvgIpc) is 2.48. The zero-order valence-electron chi connectivity index (χ0n) is 11.4. The molecule has 1 aliphatic heterocycles. The Morgan fingerprint density at radius 2 is 1.65 bits per heavy atom. The molecule has 5 heteroatoms. The number of ether oxygens (including phenoxy) is 1. The normalized spacial score (nSPS) is 17.4. The highest BCUT2D eigenvalue weighted by molar-refractivity contribution is 7.89. The molecule has 0 unspecified atom stereocenters. The van der Waals surface area contributed by atoms with E-state index in [-0.39, 0.29) is 0 Å². The van der Waals surface area contributed by atoms with Crippen molar-refractivity contribution < 1.29 is 13.2 Å². The summed E-state index contributed by atoms with van der Waals surface area (Å²) < 4.78 is 32.3. The van der Waals surface area contributed by atoms with Gasteiger partial charge in [-0.3, -0.25) is 0 Å². The Kier molecular flexibility index (Phi) is 3.50. The van der Waals surface area contributed by atoms with Crippen molar-refractivity contribution >= 4 is 20.8 Å². The van der Waals surface area contributed by atoms with E-state index in [9.17, 15) is 8.42 Å². The first-order chi connectivity index (χ1) is 9.60. The summed E-state index contributed by atoms with van der Waals surface area (Å²) in [6.07, 6.45) is 0. The van der Waals surface area contributed by atoms with Crippen LogP contribution in [0.2, 0.25) is 0 Å². The first-order valence-electron chi connectivity index (χ1n) is 6.67. The highest BCUT2D eigenvalue weighted by atomic mass is 32.2. The minimum Gasteiger partial charge on any atom is -0.379 e. The number of hydrogen-bond acceptors (Lipinski definition) is 3. The van der Waals surface area contributed by atoms with E-state index in [2.05, 4.69) is 0 Å². The molecule has 0 radical (unpaired) electrons. The molecule has 1 heterocycles. The molecular weight excluding hydrogens is 274 g/mol. The van der Waals surface area contributed by atoms with Gasteiger partial charge in [-0.2, -0.15) is 4.31 Å². The Morgan fingerprint density at radius 1 is 1.00 bits per heavy atom. The van der Waals surface area contributed by atoms with Gasteiger partial charge in [0.25, 0.3) is 0 Å². The third kappa shape index (κ3) is 2.22. The first-order valence-corrected chi connectivity index (χ1v) is 8.11. The van der Waals surface area contributed by atoms with Gasteiger partial charge in [-0.25, -0.2) is 8.42 Å². The van der Waals surface area contributed by atoms with E-state index >= 15 is 0 Å². The van der Waals surface area contributed by atoms with Crippen molar-refractivity contribution in [2.24, 2.45) is 0 Å². The van der Waals surface area contributed by atoms with E-state index in [1.807, 2.05) is 37.3 Å². The van der Waals surface area contributed by atoms with Crippen LogP contribution < -0.4 is 0 Å². The molecule has 0 spiro atoms. The Labute approximate surface area is 119 Å². The van der Waals surface area contributed by atoms with Gasteiger partial charge in [-0.1, -0.05) is 30.3 Å². The number of nitrogens with zero attached hydrogens (tertiary/aromatic N) is 1. The van der Waals surface area contributed by atoms with Crippen molar-refractivity contribution in [2.75, 3.05) is 26.3 Å². The van der Waals surface area contributed by atoms with Crippen molar-refractivity contribution in [3.05, 3.63) is 42.0 Å². The van der Waals surface area contributed by atoms with Gasteiger partial charge in [0.05, 0.1) is 18.1 Å². The van der Waals surface area contributed by atoms with E-state index in [0.29, 0.717) is 31.2 Å². The van der Waals surface area contributed by atoms with Gasteiger partial charge in [0.2, 0.25) is 10.0 Å². The van der Waals surface area contributed by atoms with Gasteiger partial charge >= 0.3 is 0 Å². The Morgan fingerprint density at radius 3 is 2.40 bits per heavy atom. The molecular formula is C15H17NO3S. The van der Waals surface area contributed by atoms with Crippen LogP contribution in [-0.4, -0.2) is 39.0 Å². The molecule has 0 aliphatic carbocycles. The van der Waals surface area contributed by atoms with Crippen LogP contribution in [0.25, 0.3) is 10.8 Å². The summed E-state index contributed by atoms with van der Waals surface area (Å²) in [5, 5.41) is 1.78. The van der Waals surface area contributed by atoms with Gasteiger partial charge < -0.3 is 4.74 Å². The predicted molar refractivity (Wildman–Crippen MR) is 78.3 cm³/mol. The Bertz CT molecular complexity index is 734. The number of fused-ring (bicyclic) bond motifs is 1. The second-order valence-electron chi connectivity index (χ2n) is 4.94. The van der Waals surface area contributed by atoms with E-state index in [1.54, 1.807) is 6.07 Å². The maximum atomic E-state index is 12.8. The van der Waals surface area contributed by atoms with Gasteiger partial charge in [0.1, 0.15) is 0 Å². The molecule has 0 aromatic heterocycles. The molecule has 1 fully saturated rings. The lowest BCUT2D eigenvalue weighted by molar-refractivity contribution is 0.0730. The zero-order valence-corrected chi connectivity index (χ0v) is 12.2. The maximum absolute atomic E-state index is 12.8. The van der Waals surface area contributed by atoms with Crippen LogP contribution in [-0.2, 0) is 14.8 Å². The topological polar surface area (TPSA) is 46.6 Å². The Balaban J connectivity index is 2.16. The van der Waals surface area contributed by atoms with Gasteiger partial charge in [0.15, 0.2) is 0 Å². The van der Waals surface area contributed by atoms with Crippen LogP contribution in [0, 0.1) is 6.92 Å². The summed E-state index contributed by atoms with van der Waals surface area (Å²) in [4.78, 5) is 0.389. The van der Waals surface area contributed by atoms with Crippen molar-refractivity contribution in [2.45, 2.75) is 11.8 Å². The van der Waals surface area contributed by atoms with E-state index in [0.717, 1.165) is 16.3 Å². The molecule has 3 rings (SSSR count). The summed E-state index contributed by atoms with van der Waals surface area (Å²) in [6, 6.07) is 11.2. The summed E-state index contributed by atoms with van der Waals surface area (Å²) in [5.74, 6) is 0. The molecule has 0 N–H and O–H groups in total. The van der Waals surface area contributed by atoms with Crippen LogP contribution in [0.4, 0.5) is 0 Å². The molecule has 20 heavy (non-hydrogen) atoms. The van der Waals surface area contributed by atoms with Crippen molar-refractivity contribution in [3.63, 3.8) is 0 Å². The molecule has 0 saturated carbocycles. The van der Waals surface area contributed by atoms with Crippen LogP contribution in [0.15, 0.2) is 41.3 Å². The number of rotatable bonds is 2. The van der Waals surface area contributed by atoms with Crippen LogP contribution in [0.1, 0.15) is 5.56 Å². The SMILES string of the molecule is Cc1cccc2c(S(=O)(=O)N3CCOCC3)cccc12. The van der Waals surface area contributed by atoms with Crippen molar-refractivity contribution in [3.8, 4) is 0 Å². The fraction of sp³-hybridized carbons (Fsp3) is 0.333.